The number of nitrogens with one attached hydrogen (secondary N) is 2. The van der Waals surface area contributed by atoms with Gasteiger partial charge in [-0.25, -0.2) is 9.29 Å². The van der Waals surface area contributed by atoms with Crippen molar-refractivity contribution in [1.82, 2.24) is 0 Å². The minimum Gasteiger partial charge on any atom is -0.350 e. The Labute approximate surface area is 188 Å². The van der Waals surface area contributed by atoms with Crippen LogP contribution in [0.1, 0.15) is 15.9 Å². The van der Waals surface area contributed by atoms with Gasteiger partial charge in [-0.05, 0) is 61.5 Å². The van der Waals surface area contributed by atoms with Crippen LogP contribution in [0, 0.1) is 12.7 Å². The molecule has 1 heterocycles. The average molecular weight is 450 g/mol. The lowest BCUT2D eigenvalue weighted by molar-refractivity contribution is -0.120. The quantitative estimate of drug-likeness (QED) is 0.547. The molecule has 1 aliphatic rings. The lowest BCUT2D eigenvalue weighted by Gasteiger charge is -2.15. The molecule has 0 unspecified atom stereocenters. The van der Waals surface area contributed by atoms with Crippen molar-refractivity contribution < 1.29 is 18.8 Å². The van der Waals surface area contributed by atoms with E-state index in [4.69, 9.17) is 11.6 Å². The molecule has 0 saturated heterocycles. The highest BCUT2D eigenvalue weighted by Crippen LogP contribution is 2.30. The van der Waals surface area contributed by atoms with Crippen molar-refractivity contribution in [1.29, 1.82) is 0 Å². The molecule has 0 aromatic heterocycles. The Morgan fingerprint density at radius 2 is 1.59 bits per heavy atom. The van der Waals surface area contributed by atoms with Gasteiger partial charge < -0.3 is 10.6 Å². The molecule has 0 saturated carbocycles. The van der Waals surface area contributed by atoms with Crippen LogP contribution in [0.15, 0.2) is 83.5 Å². The van der Waals surface area contributed by atoms with Crippen LogP contribution in [-0.4, -0.2) is 17.7 Å². The molecule has 6 nitrogen and oxygen atoms in total. The molecule has 0 radical (unpaired) electrons. The molecule has 4 rings (SSSR count). The van der Waals surface area contributed by atoms with Crippen LogP contribution in [0.5, 0.6) is 0 Å². The number of imide groups is 1. The molecule has 3 aromatic carbocycles. The van der Waals surface area contributed by atoms with Gasteiger partial charge in [0.15, 0.2) is 0 Å². The minimum absolute atomic E-state index is 0.128. The molecule has 0 fully saturated rings. The molecule has 3 aromatic rings. The molecule has 2 N–H and O–H groups in total. The molecule has 0 atom stereocenters. The van der Waals surface area contributed by atoms with Gasteiger partial charge in [0.1, 0.15) is 16.5 Å². The van der Waals surface area contributed by atoms with Gasteiger partial charge in [0.05, 0.1) is 5.69 Å². The van der Waals surface area contributed by atoms with Crippen molar-refractivity contribution in [3.8, 4) is 0 Å². The third kappa shape index (κ3) is 4.24. The second-order valence-electron chi connectivity index (χ2n) is 7.14. The maximum absolute atomic E-state index is 13.2. The van der Waals surface area contributed by atoms with Gasteiger partial charge in [-0.2, -0.15) is 0 Å². The van der Waals surface area contributed by atoms with Crippen molar-refractivity contribution in [3.63, 3.8) is 0 Å². The summed E-state index contributed by atoms with van der Waals surface area (Å²) in [6, 6.07) is 18.7. The van der Waals surface area contributed by atoms with Gasteiger partial charge in [0.2, 0.25) is 0 Å². The highest BCUT2D eigenvalue weighted by molar-refractivity contribution is 6.53. The number of amides is 3. The smallest absolute Gasteiger partial charge is 0.283 e. The second kappa shape index (κ2) is 8.64. The number of hydrogen-bond donors (Lipinski definition) is 2. The summed E-state index contributed by atoms with van der Waals surface area (Å²) >= 11 is 6.12. The molecular formula is C24H17ClFN3O3. The van der Waals surface area contributed by atoms with E-state index >= 15 is 0 Å². The van der Waals surface area contributed by atoms with Crippen molar-refractivity contribution in [3.05, 3.63) is 100 Å². The lowest BCUT2D eigenvalue weighted by atomic mass is 10.1. The number of hydrogen-bond acceptors (Lipinski definition) is 4. The predicted molar refractivity (Wildman–Crippen MR) is 121 cm³/mol. The van der Waals surface area contributed by atoms with Gasteiger partial charge in [-0.15, -0.1) is 0 Å². The fourth-order valence-electron chi connectivity index (χ4n) is 3.16. The Kier molecular flexibility index (Phi) is 5.75. The largest absolute Gasteiger partial charge is 0.350 e. The van der Waals surface area contributed by atoms with Crippen LogP contribution >= 0.6 is 11.6 Å². The number of carbonyl (C=O) groups excluding carboxylic acids is 3. The summed E-state index contributed by atoms with van der Waals surface area (Å²) in [5.74, 6) is -2.23. The molecule has 160 valence electrons. The molecular weight excluding hydrogens is 433 g/mol. The fourth-order valence-corrected chi connectivity index (χ4v) is 3.37. The first kappa shape index (κ1) is 21.3. The molecule has 0 bridgehead atoms. The van der Waals surface area contributed by atoms with Crippen LogP contribution in [0.25, 0.3) is 0 Å². The molecule has 32 heavy (non-hydrogen) atoms. The Morgan fingerprint density at radius 3 is 2.28 bits per heavy atom. The maximum Gasteiger partial charge on any atom is 0.283 e. The number of benzene rings is 3. The SMILES string of the molecule is Cc1ccc(NC(=O)c2cccc(NC3=C(Cl)C(=O)N(c4ccc(F)cc4)C3=O)c2)cc1. The zero-order valence-electron chi connectivity index (χ0n) is 16.9. The van der Waals surface area contributed by atoms with E-state index in [1.54, 1.807) is 36.4 Å². The summed E-state index contributed by atoms with van der Waals surface area (Å²) in [4.78, 5) is 38.8. The third-order valence-corrected chi connectivity index (χ3v) is 5.17. The number of carbonyl (C=O) groups is 3. The number of rotatable bonds is 5. The Hall–Kier alpha value is -3.97. The summed E-state index contributed by atoms with van der Waals surface area (Å²) in [5.41, 5.74) is 2.54. The maximum atomic E-state index is 13.2. The molecule has 0 aliphatic carbocycles. The van der Waals surface area contributed by atoms with Gasteiger partial charge in [0.25, 0.3) is 17.7 Å². The molecule has 8 heteroatoms. The predicted octanol–water partition coefficient (Wildman–Crippen LogP) is 4.82. The summed E-state index contributed by atoms with van der Waals surface area (Å²) in [6.45, 7) is 1.95. The normalized spacial score (nSPS) is 13.5. The van der Waals surface area contributed by atoms with Gasteiger partial charge in [-0.3, -0.25) is 14.4 Å². The van der Waals surface area contributed by atoms with E-state index in [-0.39, 0.29) is 22.3 Å². The van der Waals surface area contributed by atoms with Crippen molar-refractivity contribution in [2.24, 2.45) is 0 Å². The first-order valence-electron chi connectivity index (χ1n) is 9.63. The Balaban J connectivity index is 1.53. The fraction of sp³-hybridized carbons (Fsp3) is 0.0417. The first-order chi connectivity index (χ1) is 15.3. The third-order valence-electron chi connectivity index (χ3n) is 4.82. The van der Waals surface area contributed by atoms with E-state index < -0.39 is 17.6 Å². The van der Waals surface area contributed by atoms with Crippen LogP contribution < -0.4 is 15.5 Å². The number of nitrogens with zero attached hydrogens (tertiary/aromatic N) is 1. The van der Waals surface area contributed by atoms with E-state index in [0.29, 0.717) is 16.9 Å². The van der Waals surface area contributed by atoms with E-state index in [0.717, 1.165) is 22.6 Å². The van der Waals surface area contributed by atoms with Crippen LogP contribution in [0.4, 0.5) is 21.5 Å². The highest BCUT2D eigenvalue weighted by atomic mass is 35.5. The highest BCUT2D eigenvalue weighted by Gasteiger charge is 2.39. The van der Waals surface area contributed by atoms with Crippen molar-refractivity contribution in [2.45, 2.75) is 6.92 Å². The van der Waals surface area contributed by atoms with Crippen molar-refractivity contribution in [2.75, 3.05) is 15.5 Å². The van der Waals surface area contributed by atoms with Gasteiger partial charge in [0, 0.05) is 16.9 Å². The zero-order chi connectivity index (χ0) is 22.8. The van der Waals surface area contributed by atoms with Crippen LogP contribution in [-0.2, 0) is 9.59 Å². The van der Waals surface area contributed by atoms with Crippen LogP contribution in [0.2, 0.25) is 0 Å². The number of aryl methyl sites for hydroxylation is 1. The van der Waals surface area contributed by atoms with Gasteiger partial charge in [-0.1, -0.05) is 35.4 Å². The molecule has 1 aliphatic heterocycles. The summed E-state index contributed by atoms with van der Waals surface area (Å²) < 4.78 is 13.2. The second-order valence-corrected chi connectivity index (χ2v) is 7.52. The van der Waals surface area contributed by atoms with E-state index in [2.05, 4.69) is 10.6 Å². The van der Waals surface area contributed by atoms with E-state index in [1.807, 2.05) is 19.1 Å². The lowest BCUT2D eigenvalue weighted by Crippen LogP contribution is -2.32. The Morgan fingerprint density at radius 1 is 0.906 bits per heavy atom. The van der Waals surface area contributed by atoms with Gasteiger partial charge >= 0.3 is 0 Å². The van der Waals surface area contributed by atoms with E-state index in [1.165, 1.54) is 12.1 Å². The summed E-state index contributed by atoms with van der Waals surface area (Å²) in [5, 5.41) is 5.33. The minimum atomic E-state index is -0.723. The number of anilines is 3. The topological polar surface area (TPSA) is 78.5 Å². The number of halogens is 2. The van der Waals surface area contributed by atoms with Crippen molar-refractivity contribution >= 4 is 46.4 Å². The zero-order valence-corrected chi connectivity index (χ0v) is 17.6. The molecule has 0 spiro atoms. The first-order valence-corrected chi connectivity index (χ1v) is 10.0. The molecule has 3 amide bonds. The summed E-state index contributed by atoms with van der Waals surface area (Å²) in [6.07, 6.45) is 0. The Bertz CT molecular complexity index is 1250. The summed E-state index contributed by atoms with van der Waals surface area (Å²) in [7, 11) is 0. The van der Waals surface area contributed by atoms with E-state index in [9.17, 15) is 18.8 Å². The monoisotopic (exact) mass is 449 g/mol. The average Bonchev–Trinajstić information content (AvgIpc) is 2.99. The standard InChI is InChI=1S/C24H17ClFN3O3/c1-14-5-9-17(10-6-14)28-22(30)15-3-2-4-18(13-15)27-21-20(25)23(31)29(24(21)32)19-11-7-16(26)8-12-19/h2-13,27H,1H3,(H,28,30). The van der Waals surface area contributed by atoms with Crippen LogP contribution in [0.3, 0.4) is 0 Å².